The Morgan fingerprint density at radius 3 is 0.714 bits per heavy atom. The predicted octanol–water partition coefficient (Wildman–Crippen LogP) is 2.07. The van der Waals surface area contributed by atoms with E-state index in [1.54, 1.807) is 23.5 Å². The van der Waals surface area contributed by atoms with Gasteiger partial charge in [-0.1, -0.05) is 0 Å². The van der Waals surface area contributed by atoms with Crippen LogP contribution < -0.4 is 0 Å². The van der Waals surface area contributed by atoms with Gasteiger partial charge in [0.25, 0.3) is 0 Å². The van der Waals surface area contributed by atoms with Crippen LogP contribution in [0.1, 0.15) is 0 Å². The van der Waals surface area contributed by atoms with E-state index in [1.165, 1.54) is 0 Å². The summed E-state index contributed by atoms with van der Waals surface area (Å²) in [5, 5.41) is 0. The van der Waals surface area contributed by atoms with Crippen LogP contribution in [0.5, 0.6) is 0 Å². The molecule has 0 radical (unpaired) electrons. The lowest BCUT2D eigenvalue weighted by atomic mass is 11.9. The van der Waals surface area contributed by atoms with Gasteiger partial charge in [-0.3, -0.25) is 0 Å². The van der Waals surface area contributed by atoms with E-state index < -0.39 is 0 Å². The van der Waals surface area contributed by atoms with Crippen molar-refractivity contribution in [2.24, 2.45) is 0 Å². The molecule has 0 bridgehead atoms. The molecule has 3 heteroatoms. The molecule has 0 saturated heterocycles. The van der Waals surface area contributed by atoms with Gasteiger partial charge in [0, 0.05) is 0 Å². The summed E-state index contributed by atoms with van der Waals surface area (Å²) in [5.74, 6) is 0. The van der Waals surface area contributed by atoms with Gasteiger partial charge in [-0.15, -0.1) is 0 Å². The first-order chi connectivity index (χ1) is 2.83. The minimum absolute atomic E-state index is 0. The first kappa shape index (κ1) is 15.7. The van der Waals surface area contributed by atoms with Gasteiger partial charge in [0.15, 0.2) is 0 Å². The van der Waals surface area contributed by atoms with Crippen molar-refractivity contribution < 1.29 is 0 Å². The molecule has 0 spiro atoms. The van der Waals surface area contributed by atoms with Crippen molar-refractivity contribution in [1.82, 2.24) is 0 Å². The van der Waals surface area contributed by atoms with Crippen LogP contribution >= 0.6 is 37.0 Å². The highest BCUT2D eigenvalue weighted by Crippen LogP contribution is 1.70. The Hall–Kier alpha value is 1.05. The first-order valence-corrected chi connectivity index (χ1v) is 4.90. The maximum Gasteiger partial charge on any atom is -0.0187 e. The molecule has 0 aromatic rings. The Balaban J connectivity index is -0.0000000400. The van der Waals surface area contributed by atoms with E-state index in [1.807, 2.05) is 25.0 Å². The predicted molar refractivity (Wildman–Crippen MR) is 49.3 cm³/mol. The molecule has 0 heterocycles. The quantitative estimate of drug-likeness (QED) is 0.529. The summed E-state index contributed by atoms with van der Waals surface area (Å²) in [6.45, 7) is 0. The molecule has 0 aromatic heterocycles. The lowest BCUT2D eigenvalue weighted by molar-refractivity contribution is 2.37. The van der Waals surface area contributed by atoms with E-state index in [9.17, 15) is 0 Å². The average Bonchev–Trinajstić information content (AvgIpc) is 1.39. The van der Waals surface area contributed by atoms with E-state index in [4.69, 9.17) is 0 Å². The standard InChI is InChI=1S/2C2H6S.H2S/c2*1-3-2;/h2*1-2H3;1H2. The van der Waals surface area contributed by atoms with Crippen LogP contribution in [0.25, 0.3) is 0 Å². The molecule has 0 atom stereocenters. The van der Waals surface area contributed by atoms with E-state index in [0.29, 0.717) is 0 Å². The molecular weight excluding hydrogens is 144 g/mol. The van der Waals surface area contributed by atoms with Gasteiger partial charge in [0.2, 0.25) is 0 Å². The summed E-state index contributed by atoms with van der Waals surface area (Å²) in [6, 6.07) is 0. The van der Waals surface area contributed by atoms with E-state index >= 15 is 0 Å². The maximum absolute atomic E-state index is 2.04. The van der Waals surface area contributed by atoms with Crippen molar-refractivity contribution in [3.05, 3.63) is 0 Å². The highest BCUT2D eigenvalue weighted by atomic mass is 32.2. The Morgan fingerprint density at radius 1 is 0.714 bits per heavy atom. The summed E-state index contributed by atoms with van der Waals surface area (Å²) in [6.07, 6.45) is 8.17. The van der Waals surface area contributed by atoms with Gasteiger partial charge in [0.1, 0.15) is 0 Å². The molecule has 0 aliphatic carbocycles. The second-order valence-corrected chi connectivity index (χ2v) is 2.45. The average molecular weight is 158 g/mol. The summed E-state index contributed by atoms with van der Waals surface area (Å²) in [4.78, 5) is 0. The zero-order valence-electron chi connectivity index (χ0n) is 5.32. The fourth-order valence-corrected chi connectivity index (χ4v) is 0. The van der Waals surface area contributed by atoms with Crippen LogP contribution in [0.3, 0.4) is 0 Å². The molecule has 0 aliphatic rings. The largest absolute Gasteiger partial charge is 0.197 e. The molecule has 0 aromatic carbocycles. The van der Waals surface area contributed by atoms with Crippen molar-refractivity contribution in [3.8, 4) is 0 Å². The number of hydrogen-bond donors (Lipinski definition) is 0. The molecule has 0 aliphatic heterocycles. The summed E-state index contributed by atoms with van der Waals surface area (Å²) < 4.78 is 0. The van der Waals surface area contributed by atoms with Gasteiger partial charge in [0.05, 0.1) is 0 Å². The zero-order valence-corrected chi connectivity index (χ0v) is 7.95. The molecule has 7 heavy (non-hydrogen) atoms. The Bertz CT molecular complexity index is 8.90. The van der Waals surface area contributed by atoms with Gasteiger partial charge >= 0.3 is 0 Å². The third-order valence-corrected chi connectivity index (χ3v) is 0. The molecular formula is C4H14S3. The molecule has 48 valence electrons. The van der Waals surface area contributed by atoms with Gasteiger partial charge in [-0.05, 0) is 25.0 Å². The molecule has 0 rings (SSSR count). The summed E-state index contributed by atoms with van der Waals surface area (Å²) >= 11 is 3.50. The highest BCUT2D eigenvalue weighted by Gasteiger charge is 1.33. The van der Waals surface area contributed by atoms with Crippen molar-refractivity contribution in [2.75, 3.05) is 25.0 Å². The zero-order chi connectivity index (χ0) is 5.41. The van der Waals surface area contributed by atoms with E-state index in [0.717, 1.165) is 0 Å². The third-order valence-electron chi connectivity index (χ3n) is 0. The number of hydrogen-bond acceptors (Lipinski definition) is 2. The van der Waals surface area contributed by atoms with Crippen LogP contribution in [0.4, 0.5) is 0 Å². The molecule has 0 unspecified atom stereocenters. The van der Waals surface area contributed by atoms with Gasteiger partial charge in [-0.25, -0.2) is 0 Å². The Labute approximate surface area is 62.3 Å². The minimum atomic E-state index is 0. The minimum Gasteiger partial charge on any atom is -0.197 e. The lowest BCUT2D eigenvalue weighted by Gasteiger charge is -1.51. The molecule has 0 nitrogen and oxygen atoms in total. The van der Waals surface area contributed by atoms with Crippen LogP contribution in [0.2, 0.25) is 0 Å². The smallest absolute Gasteiger partial charge is 0.0187 e. The SMILES string of the molecule is CSC.CSC.S. The maximum atomic E-state index is 2.04. The normalized spacial score (nSPS) is 5.14. The van der Waals surface area contributed by atoms with E-state index in [2.05, 4.69) is 0 Å². The van der Waals surface area contributed by atoms with Crippen molar-refractivity contribution in [1.29, 1.82) is 0 Å². The van der Waals surface area contributed by atoms with Crippen molar-refractivity contribution in [3.63, 3.8) is 0 Å². The highest BCUT2D eigenvalue weighted by molar-refractivity contribution is 7.98. The number of thioether (sulfide) groups is 2. The fraction of sp³-hybridized carbons (Fsp3) is 1.00. The van der Waals surface area contributed by atoms with Crippen molar-refractivity contribution >= 4 is 37.0 Å². The van der Waals surface area contributed by atoms with Gasteiger partial charge < -0.3 is 0 Å². The first-order valence-electron chi connectivity index (χ1n) is 1.63. The van der Waals surface area contributed by atoms with Crippen LogP contribution in [-0.4, -0.2) is 25.0 Å². The second kappa shape index (κ2) is 27.7. The number of rotatable bonds is 0. The fourth-order valence-electron chi connectivity index (χ4n) is 0. The van der Waals surface area contributed by atoms with E-state index in [-0.39, 0.29) is 13.5 Å². The van der Waals surface area contributed by atoms with Crippen LogP contribution in [-0.2, 0) is 0 Å². The summed E-state index contributed by atoms with van der Waals surface area (Å²) in [5.41, 5.74) is 0. The Morgan fingerprint density at radius 2 is 0.714 bits per heavy atom. The molecule has 0 saturated carbocycles. The molecule has 0 fully saturated rings. The monoisotopic (exact) mass is 158 g/mol. The van der Waals surface area contributed by atoms with Crippen LogP contribution in [0.15, 0.2) is 0 Å². The van der Waals surface area contributed by atoms with Crippen molar-refractivity contribution in [2.45, 2.75) is 0 Å². The topological polar surface area (TPSA) is 0 Å². The third kappa shape index (κ3) is 163. The summed E-state index contributed by atoms with van der Waals surface area (Å²) in [7, 11) is 0. The lowest BCUT2D eigenvalue weighted by Crippen LogP contribution is -1.25. The molecule has 0 amide bonds. The van der Waals surface area contributed by atoms with Crippen LogP contribution in [0, 0.1) is 0 Å². The Kier molecular flexibility index (Phi) is 62.2. The second-order valence-electron chi connectivity index (χ2n) is 0.816. The van der Waals surface area contributed by atoms with Gasteiger partial charge in [-0.2, -0.15) is 37.0 Å². The molecule has 0 N–H and O–H groups in total.